The van der Waals surface area contributed by atoms with Crippen LogP contribution in [0.3, 0.4) is 0 Å². The number of amides is 2. The number of hydrogen-bond donors (Lipinski definition) is 1. The van der Waals surface area contributed by atoms with Crippen molar-refractivity contribution in [3.05, 3.63) is 12.2 Å². The summed E-state index contributed by atoms with van der Waals surface area (Å²) in [4.78, 5) is 23.9. The van der Waals surface area contributed by atoms with E-state index < -0.39 is 0 Å². The van der Waals surface area contributed by atoms with Gasteiger partial charge in [-0.15, -0.1) is 0 Å². The highest BCUT2D eigenvalue weighted by atomic mass is 16.2. The van der Waals surface area contributed by atoms with Crippen molar-refractivity contribution in [2.75, 3.05) is 7.05 Å². The van der Waals surface area contributed by atoms with Crippen molar-refractivity contribution in [2.24, 2.45) is 0 Å². The fourth-order valence-corrected chi connectivity index (χ4v) is 1.57. The second kappa shape index (κ2) is 2.42. The summed E-state index contributed by atoms with van der Waals surface area (Å²) in [5, 5.41) is 2.96. The van der Waals surface area contributed by atoms with Crippen LogP contribution in [-0.2, 0) is 9.59 Å². The molecule has 4 nitrogen and oxygen atoms in total. The Kier molecular flexibility index (Phi) is 1.51. The fraction of sp³-hybridized carbons (Fsp3) is 0.500. The quantitative estimate of drug-likeness (QED) is 0.381. The first kappa shape index (κ1) is 7.49. The lowest BCUT2D eigenvalue weighted by Crippen LogP contribution is -2.62. The molecular formula is C8H10N2O2. The lowest BCUT2D eigenvalue weighted by atomic mass is 10.00. The van der Waals surface area contributed by atoms with Gasteiger partial charge in [0.1, 0.15) is 6.04 Å². The third-order valence-electron chi connectivity index (χ3n) is 2.31. The maximum Gasteiger partial charge on any atom is 0.250 e. The molecule has 2 bridgehead atoms. The summed E-state index contributed by atoms with van der Waals surface area (Å²) in [6.07, 6.45) is 4.38. The van der Waals surface area contributed by atoms with E-state index in [0.29, 0.717) is 6.42 Å². The van der Waals surface area contributed by atoms with Gasteiger partial charge in [-0.3, -0.25) is 19.8 Å². The summed E-state index contributed by atoms with van der Waals surface area (Å²) in [5.74, 6) is -0.284. The van der Waals surface area contributed by atoms with E-state index in [1.54, 1.807) is 0 Å². The van der Waals surface area contributed by atoms with Crippen molar-refractivity contribution < 1.29 is 9.59 Å². The van der Waals surface area contributed by atoms with Gasteiger partial charge in [-0.2, -0.15) is 0 Å². The summed E-state index contributed by atoms with van der Waals surface area (Å²) in [6.45, 7) is 0. The molecule has 1 N–H and O–H groups in total. The Balaban J connectivity index is 2.34. The predicted octanol–water partition coefficient (Wildman–Crippen LogP) is -0.728. The van der Waals surface area contributed by atoms with Gasteiger partial charge in [0.25, 0.3) is 0 Å². The molecule has 0 aromatic heterocycles. The number of carbonyl (C=O) groups excluding carboxylic acids is 2. The molecule has 2 unspecified atom stereocenters. The molecular weight excluding hydrogens is 156 g/mol. The Morgan fingerprint density at radius 2 is 2.25 bits per heavy atom. The number of imide groups is 1. The molecule has 0 aromatic carbocycles. The van der Waals surface area contributed by atoms with E-state index in [-0.39, 0.29) is 23.9 Å². The van der Waals surface area contributed by atoms with Crippen LogP contribution in [0.25, 0.3) is 0 Å². The molecule has 0 aliphatic carbocycles. The van der Waals surface area contributed by atoms with E-state index in [2.05, 4.69) is 5.32 Å². The summed E-state index contributed by atoms with van der Waals surface area (Å²) >= 11 is 0. The molecule has 0 saturated carbocycles. The lowest BCUT2D eigenvalue weighted by molar-refractivity contribution is -0.149. The van der Waals surface area contributed by atoms with E-state index >= 15 is 0 Å². The van der Waals surface area contributed by atoms with Crippen LogP contribution in [0.2, 0.25) is 0 Å². The van der Waals surface area contributed by atoms with Crippen LogP contribution in [0.5, 0.6) is 0 Å². The smallest absolute Gasteiger partial charge is 0.250 e. The van der Waals surface area contributed by atoms with Gasteiger partial charge >= 0.3 is 0 Å². The molecule has 1 fully saturated rings. The largest absolute Gasteiger partial charge is 0.291 e. The van der Waals surface area contributed by atoms with Crippen LogP contribution in [-0.4, -0.2) is 35.8 Å². The van der Waals surface area contributed by atoms with Crippen LogP contribution in [0.1, 0.15) is 6.42 Å². The first-order valence-electron chi connectivity index (χ1n) is 3.94. The van der Waals surface area contributed by atoms with E-state index in [1.165, 1.54) is 11.9 Å². The van der Waals surface area contributed by atoms with Crippen molar-refractivity contribution in [3.63, 3.8) is 0 Å². The SMILES string of the molecule is CN1C(=O)C2C=CCC(N2)C1=O. The molecule has 2 amide bonds. The minimum absolute atomic E-state index is 0.124. The number of piperazine rings is 1. The molecule has 2 rings (SSSR count). The zero-order chi connectivity index (χ0) is 8.72. The number of hydrogen-bond acceptors (Lipinski definition) is 3. The van der Waals surface area contributed by atoms with Gasteiger partial charge in [0.05, 0.1) is 6.04 Å². The standard InChI is InChI=1S/C8H10N2O2/c1-10-7(11)5-3-2-4-6(9-5)8(10)12/h2-3,5-6,9H,4H2,1H3. The van der Waals surface area contributed by atoms with Gasteiger partial charge in [-0.25, -0.2) is 0 Å². The Morgan fingerprint density at radius 3 is 3.00 bits per heavy atom. The first-order valence-corrected chi connectivity index (χ1v) is 3.94. The molecule has 1 saturated heterocycles. The Hall–Kier alpha value is -1.16. The van der Waals surface area contributed by atoms with E-state index in [0.717, 1.165) is 0 Å². The van der Waals surface area contributed by atoms with Gasteiger partial charge in [0.15, 0.2) is 0 Å². The topological polar surface area (TPSA) is 49.4 Å². The van der Waals surface area contributed by atoms with Crippen molar-refractivity contribution in [2.45, 2.75) is 18.5 Å². The minimum Gasteiger partial charge on any atom is -0.291 e. The van der Waals surface area contributed by atoms with Crippen molar-refractivity contribution in [3.8, 4) is 0 Å². The molecule has 0 radical (unpaired) electrons. The second-order valence-corrected chi connectivity index (χ2v) is 3.10. The number of fused-ring (bicyclic) bond motifs is 2. The number of carbonyl (C=O) groups is 2. The van der Waals surface area contributed by atoms with E-state index in [4.69, 9.17) is 0 Å². The zero-order valence-electron chi connectivity index (χ0n) is 6.78. The van der Waals surface area contributed by atoms with Crippen LogP contribution < -0.4 is 5.32 Å². The normalized spacial score (nSPS) is 34.2. The van der Waals surface area contributed by atoms with Crippen molar-refractivity contribution in [1.82, 2.24) is 10.2 Å². The van der Waals surface area contributed by atoms with Gasteiger partial charge in [-0.05, 0) is 6.42 Å². The molecule has 2 heterocycles. The van der Waals surface area contributed by atoms with Crippen molar-refractivity contribution in [1.29, 1.82) is 0 Å². The third-order valence-corrected chi connectivity index (χ3v) is 2.31. The molecule has 64 valence electrons. The number of nitrogens with zero attached hydrogens (tertiary/aromatic N) is 1. The minimum atomic E-state index is -0.286. The summed E-state index contributed by atoms with van der Waals surface area (Å²) in [6, 6.07) is -0.478. The monoisotopic (exact) mass is 166 g/mol. The van der Waals surface area contributed by atoms with Crippen LogP contribution >= 0.6 is 0 Å². The summed E-state index contributed by atoms with van der Waals surface area (Å²) in [5.41, 5.74) is 0. The third kappa shape index (κ3) is 0.881. The van der Waals surface area contributed by atoms with Gasteiger partial charge < -0.3 is 0 Å². The van der Waals surface area contributed by atoms with Crippen LogP contribution in [0, 0.1) is 0 Å². The molecule has 0 spiro atoms. The average molecular weight is 166 g/mol. The highest BCUT2D eigenvalue weighted by molar-refractivity contribution is 6.03. The van der Waals surface area contributed by atoms with E-state index in [1.807, 2.05) is 12.2 Å². The van der Waals surface area contributed by atoms with Gasteiger partial charge in [-0.1, -0.05) is 12.2 Å². The Labute approximate surface area is 70.2 Å². The number of likely N-dealkylation sites (N-methyl/N-ethyl adjacent to an activating group) is 1. The molecule has 2 aliphatic rings. The zero-order valence-corrected chi connectivity index (χ0v) is 6.78. The van der Waals surface area contributed by atoms with E-state index in [9.17, 15) is 9.59 Å². The van der Waals surface area contributed by atoms with Gasteiger partial charge in [0, 0.05) is 7.05 Å². The maximum absolute atomic E-state index is 11.4. The van der Waals surface area contributed by atoms with Crippen LogP contribution in [0.4, 0.5) is 0 Å². The molecule has 12 heavy (non-hydrogen) atoms. The molecule has 2 atom stereocenters. The maximum atomic E-state index is 11.4. The van der Waals surface area contributed by atoms with Crippen LogP contribution in [0.15, 0.2) is 12.2 Å². The summed E-state index contributed by atoms with van der Waals surface area (Å²) in [7, 11) is 1.53. The molecule has 0 aromatic rings. The van der Waals surface area contributed by atoms with Crippen molar-refractivity contribution >= 4 is 11.8 Å². The fourth-order valence-electron chi connectivity index (χ4n) is 1.57. The Bertz CT molecular complexity index is 272. The predicted molar refractivity (Wildman–Crippen MR) is 42.2 cm³/mol. The highest BCUT2D eigenvalue weighted by Crippen LogP contribution is 2.14. The lowest BCUT2D eigenvalue weighted by Gasteiger charge is -2.35. The number of rotatable bonds is 0. The summed E-state index contributed by atoms with van der Waals surface area (Å²) < 4.78 is 0. The molecule has 4 heteroatoms. The van der Waals surface area contributed by atoms with Gasteiger partial charge in [0.2, 0.25) is 11.8 Å². The Morgan fingerprint density at radius 1 is 1.50 bits per heavy atom. The number of nitrogens with one attached hydrogen (secondary N) is 1. The molecule has 2 aliphatic heterocycles. The highest BCUT2D eigenvalue weighted by Gasteiger charge is 2.38. The second-order valence-electron chi connectivity index (χ2n) is 3.10. The average Bonchev–Trinajstić information content (AvgIpc) is 2.13. The first-order chi connectivity index (χ1) is 5.70.